The van der Waals surface area contributed by atoms with E-state index < -0.39 is 5.97 Å². The van der Waals surface area contributed by atoms with Crippen molar-refractivity contribution in [3.05, 3.63) is 35.5 Å². The Morgan fingerprint density at radius 2 is 1.87 bits per heavy atom. The van der Waals surface area contributed by atoms with Crippen molar-refractivity contribution in [2.75, 3.05) is 7.11 Å². The van der Waals surface area contributed by atoms with Gasteiger partial charge >= 0.3 is 5.97 Å². The molecule has 1 rings (SSSR count). The number of aliphatic carboxylic acids is 1. The molecule has 0 aliphatic carbocycles. The molecule has 0 spiro atoms. The molecular weight excluding hydrogens is 290 g/mol. The first-order valence-corrected chi connectivity index (χ1v) is 8.04. The van der Waals surface area contributed by atoms with E-state index in [0.29, 0.717) is 5.57 Å². The summed E-state index contributed by atoms with van der Waals surface area (Å²) in [5.74, 6) is 0.0274. The molecule has 0 fully saturated rings. The first-order chi connectivity index (χ1) is 10.9. The third-order valence-electron chi connectivity index (χ3n) is 4.07. The number of hydrogen-bond acceptors (Lipinski definition) is 3. The van der Waals surface area contributed by atoms with Gasteiger partial charge in [0.25, 0.3) is 0 Å². The van der Waals surface area contributed by atoms with Gasteiger partial charge in [0, 0.05) is 5.71 Å². The van der Waals surface area contributed by atoms with Crippen LogP contribution in [0.1, 0.15) is 52.5 Å². The summed E-state index contributed by atoms with van der Waals surface area (Å²) in [7, 11) is 1.60. The number of ether oxygens (including phenoxy) is 1. The molecule has 1 unspecified atom stereocenters. The zero-order chi connectivity index (χ0) is 17.4. The highest BCUT2D eigenvalue weighted by atomic mass is 16.5. The van der Waals surface area contributed by atoms with E-state index >= 15 is 0 Å². The van der Waals surface area contributed by atoms with Crippen LogP contribution < -0.4 is 4.74 Å². The second-order valence-corrected chi connectivity index (χ2v) is 5.80. The molecule has 0 radical (unpaired) electrons. The van der Waals surface area contributed by atoms with Crippen molar-refractivity contribution in [1.29, 1.82) is 0 Å². The van der Waals surface area contributed by atoms with E-state index in [9.17, 15) is 9.90 Å². The fraction of sp³-hybridized carbons (Fsp3) is 0.474. The fourth-order valence-corrected chi connectivity index (χ4v) is 2.28. The van der Waals surface area contributed by atoms with Crippen molar-refractivity contribution in [2.24, 2.45) is 10.9 Å². The number of methoxy groups -OCH3 is 1. The smallest absolute Gasteiger partial charge is 0.354 e. The number of allylic oxidation sites excluding steroid dienone is 1. The van der Waals surface area contributed by atoms with E-state index in [-0.39, 0.29) is 11.6 Å². The topological polar surface area (TPSA) is 58.9 Å². The molecule has 0 aromatic heterocycles. The van der Waals surface area contributed by atoms with Gasteiger partial charge in [-0.15, -0.1) is 0 Å². The molecule has 0 bridgehead atoms. The first kappa shape index (κ1) is 18.9. The van der Waals surface area contributed by atoms with E-state index in [1.54, 1.807) is 14.0 Å². The number of carboxylic acids is 1. The predicted octanol–water partition coefficient (Wildman–Crippen LogP) is 4.80. The number of carboxylic acid groups (broad SMARTS) is 1. The lowest BCUT2D eigenvalue weighted by Crippen LogP contribution is -2.10. The highest BCUT2D eigenvalue weighted by Crippen LogP contribution is 2.23. The molecular formula is C19H27NO3. The lowest BCUT2D eigenvalue weighted by Gasteiger charge is -2.12. The van der Waals surface area contributed by atoms with Crippen LogP contribution >= 0.6 is 0 Å². The standard InChI is InChI=1S/C19H27NO3/c1-6-7-8-13(2)15(4)20-18(19(21)22)14(3)16-9-11-17(23-5)12-10-16/h9-13H,6-8H2,1-5H3,(H,21,22)/b18-14+,20-15+. The monoisotopic (exact) mass is 317 g/mol. The van der Waals surface area contributed by atoms with Gasteiger partial charge in [0.15, 0.2) is 5.70 Å². The average molecular weight is 317 g/mol. The third kappa shape index (κ3) is 5.55. The lowest BCUT2D eigenvalue weighted by atomic mass is 9.99. The summed E-state index contributed by atoms with van der Waals surface area (Å²) in [6.07, 6.45) is 3.28. The second kappa shape index (κ2) is 9.13. The molecule has 0 amide bonds. The van der Waals surface area contributed by atoms with E-state index in [4.69, 9.17) is 4.74 Å². The summed E-state index contributed by atoms with van der Waals surface area (Å²) in [4.78, 5) is 16.0. The Morgan fingerprint density at radius 1 is 1.26 bits per heavy atom. The van der Waals surface area contributed by atoms with Crippen molar-refractivity contribution in [3.8, 4) is 5.75 Å². The molecule has 0 saturated carbocycles. The van der Waals surface area contributed by atoms with Gasteiger partial charge in [-0.25, -0.2) is 9.79 Å². The van der Waals surface area contributed by atoms with Crippen molar-refractivity contribution < 1.29 is 14.6 Å². The minimum absolute atomic E-state index is 0.107. The summed E-state index contributed by atoms with van der Waals surface area (Å²) in [6.45, 7) is 7.94. The Hall–Kier alpha value is -2.10. The Morgan fingerprint density at radius 3 is 2.35 bits per heavy atom. The van der Waals surface area contributed by atoms with Crippen LogP contribution in [0.5, 0.6) is 5.75 Å². The number of aliphatic imine (C=N–C) groups is 1. The molecule has 1 atom stereocenters. The van der Waals surface area contributed by atoms with E-state index in [2.05, 4.69) is 18.8 Å². The van der Waals surface area contributed by atoms with Crippen LogP contribution in [0.2, 0.25) is 0 Å². The number of rotatable bonds is 8. The Bertz CT molecular complexity index is 585. The van der Waals surface area contributed by atoms with Gasteiger partial charge in [-0.1, -0.05) is 38.8 Å². The highest BCUT2D eigenvalue weighted by molar-refractivity contribution is 5.99. The zero-order valence-corrected chi connectivity index (χ0v) is 14.7. The third-order valence-corrected chi connectivity index (χ3v) is 4.07. The van der Waals surface area contributed by atoms with Crippen LogP contribution in [0.15, 0.2) is 35.0 Å². The van der Waals surface area contributed by atoms with E-state index in [0.717, 1.165) is 36.3 Å². The maximum Gasteiger partial charge on any atom is 0.354 e. The van der Waals surface area contributed by atoms with Gasteiger partial charge < -0.3 is 9.84 Å². The SMILES string of the molecule is CCCCC(C)/C(C)=N/C(C(=O)O)=C(\C)c1ccc(OC)cc1. The van der Waals surface area contributed by atoms with E-state index in [1.807, 2.05) is 31.2 Å². The zero-order valence-electron chi connectivity index (χ0n) is 14.7. The van der Waals surface area contributed by atoms with Crippen molar-refractivity contribution in [3.63, 3.8) is 0 Å². The molecule has 23 heavy (non-hydrogen) atoms. The van der Waals surface area contributed by atoms with Crippen LogP contribution in [0.25, 0.3) is 5.57 Å². The van der Waals surface area contributed by atoms with Gasteiger partial charge in [-0.3, -0.25) is 0 Å². The maximum absolute atomic E-state index is 11.6. The molecule has 0 aliphatic heterocycles. The lowest BCUT2D eigenvalue weighted by molar-refractivity contribution is -0.132. The molecule has 1 aromatic rings. The van der Waals surface area contributed by atoms with Crippen molar-refractivity contribution in [1.82, 2.24) is 0 Å². The number of hydrogen-bond donors (Lipinski definition) is 1. The van der Waals surface area contributed by atoms with Crippen LogP contribution in [0, 0.1) is 5.92 Å². The van der Waals surface area contributed by atoms with Crippen molar-refractivity contribution >= 4 is 17.3 Å². The highest BCUT2D eigenvalue weighted by Gasteiger charge is 2.14. The summed E-state index contributed by atoms with van der Waals surface area (Å²) < 4.78 is 5.13. The average Bonchev–Trinajstić information content (AvgIpc) is 2.56. The largest absolute Gasteiger partial charge is 0.497 e. The van der Waals surface area contributed by atoms with E-state index in [1.165, 1.54) is 0 Å². The summed E-state index contributed by atoms with van der Waals surface area (Å²) in [6, 6.07) is 7.34. The molecule has 4 nitrogen and oxygen atoms in total. The molecule has 1 aromatic carbocycles. The minimum atomic E-state index is -1.000. The van der Waals surface area contributed by atoms with Gasteiger partial charge in [0.1, 0.15) is 5.75 Å². The number of benzene rings is 1. The predicted molar refractivity (Wildman–Crippen MR) is 95.0 cm³/mol. The summed E-state index contributed by atoms with van der Waals surface area (Å²) in [5, 5.41) is 9.52. The van der Waals surface area contributed by atoms with Gasteiger partial charge in [-0.2, -0.15) is 0 Å². The Labute approximate surface area is 138 Å². The van der Waals surface area contributed by atoms with Gasteiger partial charge in [0.05, 0.1) is 7.11 Å². The number of unbranched alkanes of at least 4 members (excludes halogenated alkanes) is 1. The van der Waals surface area contributed by atoms with Gasteiger partial charge in [-0.05, 0) is 49.5 Å². The first-order valence-electron chi connectivity index (χ1n) is 8.04. The van der Waals surface area contributed by atoms with Crippen LogP contribution in [-0.4, -0.2) is 23.9 Å². The maximum atomic E-state index is 11.6. The molecule has 0 aliphatic rings. The molecule has 4 heteroatoms. The van der Waals surface area contributed by atoms with Crippen LogP contribution in [0.4, 0.5) is 0 Å². The van der Waals surface area contributed by atoms with Crippen LogP contribution in [0.3, 0.4) is 0 Å². The number of nitrogens with zero attached hydrogens (tertiary/aromatic N) is 1. The normalized spacial score (nSPS) is 14.2. The molecule has 1 N–H and O–H groups in total. The van der Waals surface area contributed by atoms with Crippen molar-refractivity contribution in [2.45, 2.75) is 47.0 Å². The minimum Gasteiger partial charge on any atom is -0.497 e. The molecule has 126 valence electrons. The fourth-order valence-electron chi connectivity index (χ4n) is 2.28. The molecule has 0 saturated heterocycles. The Balaban J connectivity index is 3.14. The number of carbonyl (C=O) groups is 1. The molecule has 0 heterocycles. The summed E-state index contributed by atoms with van der Waals surface area (Å²) >= 11 is 0. The quantitative estimate of drug-likeness (QED) is 0.553. The van der Waals surface area contributed by atoms with Crippen LogP contribution in [-0.2, 0) is 4.79 Å². The Kier molecular flexibility index (Phi) is 7.52. The second-order valence-electron chi connectivity index (χ2n) is 5.80. The summed E-state index contributed by atoms with van der Waals surface area (Å²) in [5.41, 5.74) is 2.46. The van der Waals surface area contributed by atoms with Gasteiger partial charge in [0.2, 0.25) is 0 Å².